The van der Waals surface area contributed by atoms with Gasteiger partial charge in [0.05, 0.1) is 18.3 Å². The summed E-state index contributed by atoms with van der Waals surface area (Å²) < 4.78 is 6.01. The Morgan fingerprint density at radius 1 is 1.00 bits per heavy atom. The molecule has 0 aromatic carbocycles. The summed E-state index contributed by atoms with van der Waals surface area (Å²) in [4.78, 5) is 0. The van der Waals surface area contributed by atoms with Crippen LogP contribution in [-0.4, -0.2) is 36.5 Å². The SMILES string of the molecule is OC1CCCCCC1OC1CCCNC1. The molecular formula is C12H23NO2. The molecule has 0 amide bonds. The van der Waals surface area contributed by atoms with E-state index >= 15 is 0 Å². The van der Waals surface area contributed by atoms with E-state index < -0.39 is 0 Å². The number of aliphatic hydroxyl groups is 1. The molecule has 0 radical (unpaired) electrons. The van der Waals surface area contributed by atoms with Crippen molar-refractivity contribution in [3.63, 3.8) is 0 Å². The van der Waals surface area contributed by atoms with Crippen molar-refractivity contribution in [2.24, 2.45) is 0 Å². The van der Waals surface area contributed by atoms with Crippen molar-refractivity contribution < 1.29 is 9.84 Å². The van der Waals surface area contributed by atoms with E-state index in [0.717, 1.165) is 38.8 Å². The van der Waals surface area contributed by atoms with Crippen LogP contribution >= 0.6 is 0 Å². The molecule has 1 heterocycles. The number of ether oxygens (including phenoxy) is 1. The van der Waals surface area contributed by atoms with Gasteiger partial charge in [-0.15, -0.1) is 0 Å². The molecule has 0 spiro atoms. The molecule has 3 atom stereocenters. The third-order valence-electron chi connectivity index (χ3n) is 3.54. The molecule has 3 unspecified atom stereocenters. The van der Waals surface area contributed by atoms with Gasteiger partial charge in [-0.2, -0.15) is 0 Å². The fourth-order valence-electron chi connectivity index (χ4n) is 2.60. The standard InChI is InChI=1S/C12H23NO2/c14-11-6-2-1-3-7-12(11)15-10-5-4-8-13-9-10/h10-14H,1-9H2. The fourth-order valence-corrected chi connectivity index (χ4v) is 2.60. The second-order valence-electron chi connectivity index (χ2n) is 4.85. The van der Waals surface area contributed by atoms with Crippen molar-refractivity contribution in [1.82, 2.24) is 5.32 Å². The number of hydrogen-bond acceptors (Lipinski definition) is 3. The van der Waals surface area contributed by atoms with Crippen molar-refractivity contribution in [2.45, 2.75) is 63.3 Å². The van der Waals surface area contributed by atoms with Crippen LogP contribution < -0.4 is 5.32 Å². The highest BCUT2D eigenvalue weighted by molar-refractivity contribution is 4.77. The molecular weight excluding hydrogens is 190 g/mol. The molecule has 0 aromatic rings. The van der Waals surface area contributed by atoms with Crippen LogP contribution in [-0.2, 0) is 4.74 Å². The number of nitrogens with one attached hydrogen (secondary N) is 1. The third kappa shape index (κ3) is 3.44. The molecule has 1 aliphatic carbocycles. The summed E-state index contributed by atoms with van der Waals surface area (Å²) in [5.41, 5.74) is 0. The minimum atomic E-state index is -0.227. The van der Waals surface area contributed by atoms with Gasteiger partial charge in [-0.1, -0.05) is 19.3 Å². The maximum absolute atomic E-state index is 9.93. The van der Waals surface area contributed by atoms with Gasteiger partial charge in [-0.3, -0.25) is 0 Å². The molecule has 3 nitrogen and oxygen atoms in total. The van der Waals surface area contributed by atoms with Gasteiger partial charge < -0.3 is 15.2 Å². The van der Waals surface area contributed by atoms with Gasteiger partial charge in [0.25, 0.3) is 0 Å². The first-order valence-electron chi connectivity index (χ1n) is 6.40. The minimum absolute atomic E-state index is 0.0948. The smallest absolute Gasteiger partial charge is 0.0838 e. The van der Waals surface area contributed by atoms with Crippen LogP contribution in [0.3, 0.4) is 0 Å². The summed E-state index contributed by atoms with van der Waals surface area (Å²) in [6.07, 6.45) is 8.13. The summed E-state index contributed by atoms with van der Waals surface area (Å²) in [7, 11) is 0. The Labute approximate surface area is 92.2 Å². The van der Waals surface area contributed by atoms with Crippen molar-refractivity contribution in [3.8, 4) is 0 Å². The van der Waals surface area contributed by atoms with E-state index in [1.807, 2.05) is 0 Å². The molecule has 1 saturated carbocycles. The van der Waals surface area contributed by atoms with Gasteiger partial charge in [-0.25, -0.2) is 0 Å². The number of hydrogen-bond donors (Lipinski definition) is 2. The van der Waals surface area contributed by atoms with Crippen LogP contribution in [0, 0.1) is 0 Å². The molecule has 3 heteroatoms. The molecule has 2 rings (SSSR count). The van der Waals surface area contributed by atoms with Crippen LogP contribution in [0.15, 0.2) is 0 Å². The summed E-state index contributed by atoms with van der Waals surface area (Å²) in [5, 5.41) is 13.3. The average Bonchev–Trinajstić information content (AvgIpc) is 2.46. The molecule has 15 heavy (non-hydrogen) atoms. The van der Waals surface area contributed by atoms with Gasteiger partial charge in [-0.05, 0) is 32.2 Å². The molecule has 2 N–H and O–H groups in total. The number of rotatable bonds is 2. The lowest BCUT2D eigenvalue weighted by molar-refractivity contribution is -0.0845. The van der Waals surface area contributed by atoms with E-state index in [2.05, 4.69) is 5.32 Å². The van der Waals surface area contributed by atoms with Crippen molar-refractivity contribution in [1.29, 1.82) is 0 Å². The maximum Gasteiger partial charge on any atom is 0.0838 e. The fraction of sp³-hybridized carbons (Fsp3) is 1.00. The molecule has 1 saturated heterocycles. The summed E-state index contributed by atoms with van der Waals surface area (Å²) in [6, 6.07) is 0. The second-order valence-corrected chi connectivity index (χ2v) is 4.85. The Bertz CT molecular complexity index is 180. The van der Waals surface area contributed by atoms with Crippen molar-refractivity contribution in [2.75, 3.05) is 13.1 Å². The zero-order chi connectivity index (χ0) is 10.5. The van der Waals surface area contributed by atoms with Crippen molar-refractivity contribution in [3.05, 3.63) is 0 Å². The first-order chi connectivity index (χ1) is 7.36. The Kier molecular flexibility index (Phi) is 4.42. The number of aliphatic hydroxyl groups excluding tert-OH is 1. The molecule has 0 bridgehead atoms. The Morgan fingerprint density at radius 3 is 2.67 bits per heavy atom. The van der Waals surface area contributed by atoms with Crippen LogP contribution in [0.5, 0.6) is 0 Å². The van der Waals surface area contributed by atoms with E-state index in [4.69, 9.17) is 4.74 Å². The first-order valence-corrected chi connectivity index (χ1v) is 6.40. The van der Waals surface area contributed by atoms with Crippen LogP contribution in [0.4, 0.5) is 0 Å². The lowest BCUT2D eigenvalue weighted by Gasteiger charge is -2.29. The number of piperidine rings is 1. The van der Waals surface area contributed by atoms with Gasteiger partial charge in [0.1, 0.15) is 0 Å². The van der Waals surface area contributed by atoms with Crippen LogP contribution in [0.1, 0.15) is 44.9 Å². The Hall–Kier alpha value is -0.120. The first kappa shape index (κ1) is 11.4. The second kappa shape index (κ2) is 5.83. The molecule has 88 valence electrons. The quantitative estimate of drug-likeness (QED) is 0.682. The monoisotopic (exact) mass is 213 g/mol. The topological polar surface area (TPSA) is 41.5 Å². The van der Waals surface area contributed by atoms with Gasteiger partial charge >= 0.3 is 0 Å². The molecule has 2 aliphatic rings. The lowest BCUT2D eigenvalue weighted by atomic mass is 10.1. The van der Waals surface area contributed by atoms with E-state index in [9.17, 15) is 5.11 Å². The van der Waals surface area contributed by atoms with Gasteiger partial charge in [0.15, 0.2) is 0 Å². The lowest BCUT2D eigenvalue weighted by Crippen LogP contribution is -2.40. The zero-order valence-electron chi connectivity index (χ0n) is 9.45. The van der Waals surface area contributed by atoms with E-state index in [1.54, 1.807) is 0 Å². The minimum Gasteiger partial charge on any atom is -0.390 e. The molecule has 1 aliphatic heterocycles. The Morgan fingerprint density at radius 2 is 1.87 bits per heavy atom. The highest BCUT2D eigenvalue weighted by Gasteiger charge is 2.26. The predicted octanol–water partition coefficient (Wildman–Crippen LogP) is 1.45. The molecule has 2 fully saturated rings. The van der Waals surface area contributed by atoms with E-state index in [-0.39, 0.29) is 12.2 Å². The summed E-state index contributed by atoms with van der Waals surface area (Å²) >= 11 is 0. The molecule has 0 aromatic heterocycles. The average molecular weight is 213 g/mol. The predicted molar refractivity (Wildman–Crippen MR) is 59.9 cm³/mol. The highest BCUT2D eigenvalue weighted by atomic mass is 16.5. The van der Waals surface area contributed by atoms with Crippen molar-refractivity contribution >= 4 is 0 Å². The third-order valence-corrected chi connectivity index (χ3v) is 3.54. The summed E-state index contributed by atoms with van der Waals surface area (Å²) in [6.45, 7) is 2.08. The zero-order valence-corrected chi connectivity index (χ0v) is 9.45. The van der Waals surface area contributed by atoms with Crippen LogP contribution in [0.2, 0.25) is 0 Å². The van der Waals surface area contributed by atoms with E-state index in [1.165, 1.54) is 19.3 Å². The highest BCUT2D eigenvalue weighted by Crippen LogP contribution is 2.22. The van der Waals surface area contributed by atoms with Gasteiger partial charge in [0.2, 0.25) is 0 Å². The largest absolute Gasteiger partial charge is 0.390 e. The normalized spacial score (nSPS) is 38.6. The maximum atomic E-state index is 9.93. The van der Waals surface area contributed by atoms with Gasteiger partial charge in [0, 0.05) is 6.54 Å². The van der Waals surface area contributed by atoms with Crippen LogP contribution in [0.25, 0.3) is 0 Å². The van der Waals surface area contributed by atoms with E-state index in [0.29, 0.717) is 6.10 Å². The summed E-state index contributed by atoms with van der Waals surface area (Å²) in [5.74, 6) is 0. The Balaban J connectivity index is 1.79.